The van der Waals surface area contributed by atoms with E-state index >= 15 is 0 Å². The van der Waals surface area contributed by atoms with Crippen LogP contribution >= 0.6 is 0 Å². The standard InChI is InChI=1S/C18H21N3/c1-13-7-5-8-14(11-13)21-16(12-18(2,3)4)20-15-9-6-10-19-17(15)21/h5-11H,12H2,1-4H3. The van der Waals surface area contributed by atoms with Crippen molar-refractivity contribution < 1.29 is 0 Å². The zero-order valence-electron chi connectivity index (χ0n) is 13.1. The van der Waals surface area contributed by atoms with Gasteiger partial charge in [0.2, 0.25) is 0 Å². The molecule has 3 aromatic rings. The normalized spacial score (nSPS) is 12.0. The number of pyridine rings is 1. The van der Waals surface area contributed by atoms with Crippen molar-refractivity contribution in [1.82, 2.24) is 14.5 Å². The van der Waals surface area contributed by atoms with E-state index < -0.39 is 0 Å². The van der Waals surface area contributed by atoms with Gasteiger partial charge >= 0.3 is 0 Å². The fraction of sp³-hybridized carbons (Fsp3) is 0.333. The molecule has 21 heavy (non-hydrogen) atoms. The monoisotopic (exact) mass is 279 g/mol. The van der Waals surface area contributed by atoms with E-state index in [9.17, 15) is 0 Å². The summed E-state index contributed by atoms with van der Waals surface area (Å²) in [6, 6.07) is 12.5. The molecule has 0 saturated carbocycles. The van der Waals surface area contributed by atoms with Crippen LogP contribution in [0.2, 0.25) is 0 Å². The molecule has 0 bridgehead atoms. The van der Waals surface area contributed by atoms with Crippen molar-refractivity contribution in [3.63, 3.8) is 0 Å². The molecule has 0 atom stereocenters. The van der Waals surface area contributed by atoms with E-state index in [1.807, 2.05) is 18.3 Å². The van der Waals surface area contributed by atoms with Gasteiger partial charge in [0.1, 0.15) is 11.3 Å². The molecular formula is C18H21N3. The predicted octanol–water partition coefficient (Wildman–Crippen LogP) is 4.32. The molecule has 0 aliphatic heterocycles. The summed E-state index contributed by atoms with van der Waals surface area (Å²) < 4.78 is 2.19. The van der Waals surface area contributed by atoms with Gasteiger partial charge in [-0.2, -0.15) is 0 Å². The van der Waals surface area contributed by atoms with Crippen molar-refractivity contribution in [2.75, 3.05) is 0 Å². The Labute approximate surface area is 125 Å². The van der Waals surface area contributed by atoms with Gasteiger partial charge in [-0.05, 0) is 42.2 Å². The number of rotatable bonds is 2. The first-order chi connectivity index (χ1) is 9.94. The first kappa shape index (κ1) is 13.8. The molecule has 3 nitrogen and oxygen atoms in total. The van der Waals surface area contributed by atoms with Crippen LogP contribution in [0.5, 0.6) is 0 Å². The number of hydrogen-bond acceptors (Lipinski definition) is 2. The minimum Gasteiger partial charge on any atom is -0.281 e. The van der Waals surface area contributed by atoms with Crippen molar-refractivity contribution in [2.45, 2.75) is 34.1 Å². The Morgan fingerprint density at radius 2 is 1.90 bits per heavy atom. The second-order valence-electron chi connectivity index (χ2n) is 6.79. The number of fused-ring (bicyclic) bond motifs is 1. The van der Waals surface area contributed by atoms with Crippen molar-refractivity contribution >= 4 is 11.2 Å². The second kappa shape index (κ2) is 4.99. The molecule has 108 valence electrons. The van der Waals surface area contributed by atoms with Gasteiger partial charge in [0.05, 0.1) is 0 Å². The highest BCUT2D eigenvalue weighted by Gasteiger charge is 2.19. The smallest absolute Gasteiger partial charge is 0.164 e. The van der Waals surface area contributed by atoms with Crippen LogP contribution in [0, 0.1) is 12.3 Å². The maximum absolute atomic E-state index is 4.80. The molecule has 1 aromatic carbocycles. The van der Waals surface area contributed by atoms with Crippen LogP contribution in [0.4, 0.5) is 0 Å². The Morgan fingerprint density at radius 3 is 2.62 bits per heavy atom. The third-order valence-electron chi connectivity index (χ3n) is 3.43. The highest BCUT2D eigenvalue weighted by molar-refractivity contribution is 5.73. The molecule has 0 unspecified atom stereocenters. The average Bonchev–Trinajstić information content (AvgIpc) is 2.74. The van der Waals surface area contributed by atoms with Crippen molar-refractivity contribution in [3.05, 3.63) is 54.0 Å². The number of aromatic nitrogens is 3. The summed E-state index contributed by atoms with van der Waals surface area (Å²) in [5.41, 5.74) is 4.45. The van der Waals surface area contributed by atoms with E-state index in [2.05, 4.69) is 61.5 Å². The van der Waals surface area contributed by atoms with Crippen LogP contribution in [0.3, 0.4) is 0 Å². The summed E-state index contributed by atoms with van der Waals surface area (Å²) in [5.74, 6) is 1.07. The van der Waals surface area contributed by atoms with Gasteiger partial charge in [-0.3, -0.25) is 4.57 Å². The van der Waals surface area contributed by atoms with Crippen LogP contribution in [-0.2, 0) is 6.42 Å². The first-order valence-electron chi connectivity index (χ1n) is 7.33. The fourth-order valence-corrected chi connectivity index (χ4v) is 2.59. The number of imidazole rings is 1. The van der Waals surface area contributed by atoms with Gasteiger partial charge in [0, 0.05) is 18.3 Å². The van der Waals surface area contributed by atoms with Crippen LogP contribution in [0.15, 0.2) is 42.6 Å². The van der Waals surface area contributed by atoms with Crippen molar-refractivity contribution in [3.8, 4) is 5.69 Å². The second-order valence-corrected chi connectivity index (χ2v) is 6.79. The Hall–Kier alpha value is -2.16. The Morgan fingerprint density at radius 1 is 1.10 bits per heavy atom. The molecule has 0 N–H and O–H groups in total. The van der Waals surface area contributed by atoms with Crippen LogP contribution in [0.25, 0.3) is 16.9 Å². The highest BCUT2D eigenvalue weighted by Crippen LogP contribution is 2.26. The number of hydrogen-bond donors (Lipinski definition) is 0. The summed E-state index contributed by atoms with van der Waals surface area (Å²) in [6.45, 7) is 8.82. The van der Waals surface area contributed by atoms with E-state index in [1.165, 1.54) is 5.56 Å². The Balaban J connectivity index is 2.25. The van der Waals surface area contributed by atoms with Gasteiger partial charge in [0.15, 0.2) is 5.65 Å². The van der Waals surface area contributed by atoms with Crippen molar-refractivity contribution in [2.24, 2.45) is 5.41 Å². The average molecular weight is 279 g/mol. The van der Waals surface area contributed by atoms with E-state index in [0.29, 0.717) is 0 Å². The minimum atomic E-state index is 0.183. The maximum Gasteiger partial charge on any atom is 0.164 e. The van der Waals surface area contributed by atoms with E-state index in [0.717, 1.165) is 29.1 Å². The van der Waals surface area contributed by atoms with Gasteiger partial charge in [-0.25, -0.2) is 9.97 Å². The molecule has 0 radical (unpaired) electrons. The van der Waals surface area contributed by atoms with E-state index in [-0.39, 0.29) is 5.41 Å². The molecule has 0 aliphatic rings. The number of aryl methyl sites for hydroxylation is 1. The number of benzene rings is 1. The molecule has 0 amide bonds. The molecule has 0 fully saturated rings. The number of nitrogens with zero attached hydrogens (tertiary/aromatic N) is 3. The predicted molar refractivity (Wildman–Crippen MR) is 86.8 cm³/mol. The lowest BCUT2D eigenvalue weighted by molar-refractivity contribution is 0.399. The van der Waals surface area contributed by atoms with Gasteiger partial charge in [-0.15, -0.1) is 0 Å². The zero-order chi connectivity index (χ0) is 15.0. The van der Waals surface area contributed by atoms with Gasteiger partial charge in [0.25, 0.3) is 0 Å². The molecule has 0 aliphatic carbocycles. The third kappa shape index (κ3) is 2.82. The van der Waals surface area contributed by atoms with Crippen LogP contribution < -0.4 is 0 Å². The molecule has 0 saturated heterocycles. The van der Waals surface area contributed by atoms with Gasteiger partial charge in [-0.1, -0.05) is 32.9 Å². The topological polar surface area (TPSA) is 30.7 Å². The quantitative estimate of drug-likeness (QED) is 0.699. The molecule has 3 rings (SSSR count). The SMILES string of the molecule is Cc1cccc(-n2c(CC(C)(C)C)nc3cccnc32)c1. The van der Waals surface area contributed by atoms with E-state index in [1.54, 1.807) is 0 Å². The minimum absolute atomic E-state index is 0.183. The summed E-state index contributed by atoms with van der Waals surface area (Å²) in [5, 5.41) is 0. The lowest BCUT2D eigenvalue weighted by Gasteiger charge is -2.18. The largest absolute Gasteiger partial charge is 0.281 e. The van der Waals surface area contributed by atoms with Crippen LogP contribution in [0.1, 0.15) is 32.2 Å². The zero-order valence-corrected chi connectivity index (χ0v) is 13.1. The Bertz CT molecular complexity index is 779. The lowest BCUT2D eigenvalue weighted by Crippen LogP contribution is -2.14. The van der Waals surface area contributed by atoms with Crippen molar-refractivity contribution in [1.29, 1.82) is 0 Å². The third-order valence-corrected chi connectivity index (χ3v) is 3.43. The Kier molecular flexibility index (Phi) is 3.28. The molecule has 3 heteroatoms. The molecular weight excluding hydrogens is 258 g/mol. The van der Waals surface area contributed by atoms with Crippen LogP contribution in [-0.4, -0.2) is 14.5 Å². The first-order valence-corrected chi connectivity index (χ1v) is 7.33. The summed E-state index contributed by atoms with van der Waals surface area (Å²) >= 11 is 0. The summed E-state index contributed by atoms with van der Waals surface area (Å²) in [7, 11) is 0. The molecule has 0 spiro atoms. The molecule has 2 aromatic heterocycles. The maximum atomic E-state index is 4.80. The fourth-order valence-electron chi connectivity index (χ4n) is 2.59. The van der Waals surface area contributed by atoms with Gasteiger partial charge < -0.3 is 0 Å². The lowest BCUT2D eigenvalue weighted by atomic mass is 9.92. The summed E-state index contributed by atoms with van der Waals surface area (Å²) in [4.78, 5) is 9.34. The summed E-state index contributed by atoms with van der Waals surface area (Å²) in [6.07, 6.45) is 2.74. The van der Waals surface area contributed by atoms with E-state index in [4.69, 9.17) is 4.98 Å². The highest BCUT2D eigenvalue weighted by atomic mass is 15.1. The molecule has 2 heterocycles.